The fourth-order valence-corrected chi connectivity index (χ4v) is 2.25. The SMILES string of the molecule is CCOc1cc(O)cc(-c2cc(-c3ncccc3C)no2)c1. The minimum Gasteiger partial charge on any atom is -0.508 e. The summed E-state index contributed by atoms with van der Waals surface area (Å²) in [4.78, 5) is 4.32. The lowest BCUT2D eigenvalue weighted by atomic mass is 10.1. The van der Waals surface area contributed by atoms with Gasteiger partial charge in [0.05, 0.1) is 12.3 Å². The third kappa shape index (κ3) is 2.79. The maximum atomic E-state index is 9.80. The number of phenolic OH excluding ortho intramolecular Hbond substituents is 1. The molecule has 112 valence electrons. The molecule has 0 aliphatic heterocycles. The zero-order valence-electron chi connectivity index (χ0n) is 12.4. The number of aromatic hydroxyl groups is 1. The highest BCUT2D eigenvalue weighted by Gasteiger charge is 2.13. The summed E-state index contributed by atoms with van der Waals surface area (Å²) >= 11 is 0. The quantitative estimate of drug-likeness (QED) is 0.792. The van der Waals surface area contributed by atoms with Crippen molar-refractivity contribution in [1.29, 1.82) is 0 Å². The number of aromatic nitrogens is 2. The van der Waals surface area contributed by atoms with Gasteiger partial charge in [-0.25, -0.2) is 0 Å². The van der Waals surface area contributed by atoms with Crippen LogP contribution in [-0.4, -0.2) is 21.9 Å². The van der Waals surface area contributed by atoms with Crippen LogP contribution < -0.4 is 4.74 Å². The number of aryl methyl sites for hydroxylation is 1. The Hall–Kier alpha value is -2.82. The highest BCUT2D eigenvalue weighted by Crippen LogP contribution is 2.31. The van der Waals surface area contributed by atoms with Gasteiger partial charge in [0.25, 0.3) is 0 Å². The number of hydrogen-bond acceptors (Lipinski definition) is 5. The van der Waals surface area contributed by atoms with E-state index in [9.17, 15) is 5.11 Å². The smallest absolute Gasteiger partial charge is 0.167 e. The Balaban J connectivity index is 1.99. The lowest BCUT2D eigenvalue weighted by Gasteiger charge is -2.05. The van der Waals surface area contributed by atoms with E-state index >= 15 is 0 Å². The van der Waals surface area contributed by atoms with Crippen molar-refractivity contribution >= 4 is 0 Å². The molecule has 22 heavy (non-hydrogen) atoms. The molecule has 0 atom stereocenters. The van der Waals surface area contributed by atoms with Crippen molar-refractivity contribution in [2.45, 2.75) is 13.8 Å². The van der Waals surface area contributed by atoms with Gasteiger partial charge < -0.3 is 14.4 Å². The van der Waals surface area contributed by atoms with Crippen LogP contribution in [0, 0.1) is 6.92 Å². The van der Waals surface area contributed by atoms with E-state index in [0.717, 1.165) is 11.3 Å². The first kappa shape index (κ1) is 14.1. The van der Waals surface area contributed by atoms with Crippen molar-refractivity contribution in [2.75, 3.05) is 6.61 Å². The van der Waals surface area contributed by atoms with Gasteiger partial charge in [0.1, 0.15) is 17.2 Å². The maximum absolute atomic E-state index is 9.80. The summed E-state index contributed by atoms with van der Waals surface area (Å²) in [5.74, 6) is 1.26. The van der Waals surface area contributed by atoms with Gasteiger partial charge in [-0.2, -0.15) is 0 Å². The second kappa shape index (κ2) is 5.89. The van der Waals surface area contributed by atoms with Crippen LogP contribution in [0.3, 0.4) is 0 Å². The zero-order valence-corrected chi connectivity index (χ0v) is 12.4. The third-order valence-corrected chi connectivity index (χ3v) is 3.25. The summed E-state index contributed by atoms with van der Waals surface area (Å²) < 4.78 is 10.8. The van der Waals surface area contributed by atoms with Crippen LogP contribution in [0.2, 0.25) is 0 Å². The number of pyridine rings is 1. The molecule has 0 bridgehead atoms. The molecular weight excluding hydrogens is 280 g/mol. The second-order valence-electron chi connectivity index (χ2n) is 4.89. The highest BCUT2D eigenvalue weighted by atomic mass is 16.5. The Morgan fingerprint density at radius 1 is 1.23 bits per heavy atom. The van der Waals surface area contributed by atoms with Gasteiger partial charge in [0, 0.05) is 23.9 Å². The summed E-state index contributed by atoms with van der Waals surface area (Å²) in [6, 6.07) is 10.6. The van der Waals surface area contributed by atoms with E-state index in [1.807, 2.05) is 26.0 Å². The van der Waals surface area contributed by atoms with Crippen LogP contribution in [0.5, 0.6) is 11.5 Å². The molecule has 0 amide bonds. The molecule has 0 spiro atoms. The Labute approximate surface area is 128 Å². The fraction of sp³-hybridized carbons (Fsp3) is 0.176. The first-order valence-electron chi connectivity index (χ1n) is 7.03. The minimum atomic E-state index is 0.118. The van der Waals surface area contributed by atoms with Crippen molar-refractivity contribution in [1.82, 2.24) is 10.1 Å². The molecule has 3 rings (SSSR count). The molecule has 1 aromatic carbocycles. The van der Waals surface area contributed by atoms with Gasteiger partial charge in [0.2, 0.25) is 0 Å². The summed E-state index contributed by atoms with van der Waals surface area (Å²) in [6.45, 7) is 4.38. The molecule has 2 aromatic heterocycles. The Kier molecular flexibility index (Phi) is 3.78. The molecule has 0 fully saturated rings. The lowest BCUT2D eigenvalue weighted by Crippen LogP contribution is -1.91. The summed E-state index contributed by atoms with van der Waals surface area (Å²) in [7, 11) is 0. The van der Waals surface area contributed by atoms with E-state index in [1.54, 1.807) is 30.5 Å². The predicted molar refractivity (Wildman–Crippen MR) is 82.7 cm³/mol. The van der Waals surface area contributed by atoms with Gasteiger partial charge >= 0.3 is 0 Å². The van der Waals surface area contributed by atoms with E-state index in [2.05, 4.69) is 10.1 Å². The Morgan fingerprint density at radius 2 is 2.09 bits per heavy atom. The van der Waals surface area contributed by atoms with E-state index in [0.29, 0.717) is 29.4 Å². The van der Waals surface area contributed by atoms with Crippen LogP contribution in [0.1, 0.15) is 12.5 Å². The van der Waals surface area contributed by atoms with Crippen LogP contribution in [0.25, 0.3) is 22.7 Å². The monoisotopic (exact) mass is 296 g/mol. The number of hydrogen-bond donors (Lipinski definition) is 1. The number of rotatable bonds is 4. The molecular formula is C17H16N2O3. The van der Waals surface area contributed by atoms with Crippen molar-refractivity contribution < 1.29 is 14.4 Å². The number of nitrogens with zero attached hydrogens (tertiary/aromatic N) is 2. The molecule has 1 N–H and O–H groups in total. The van der Waals surface area contributed by atoms with Gasteiger partial charge in [-0.3, -0.25) is 4.98 Å². The minimum absolute atomic E-state index is 0.118. The van der Waals surface area contributed by atoms with Gasteiger partial charge in [-0.1, -0.05) is 11.2 Å². The standard InChI is InChI=1S/C17H16N2O3/c1-3-21-14-8-12(7-13(20)9-14)16-10-15(19-22-16)17-11(2)5-4-6-18-17/h4-10,20H,3H2,1-2H3. The molecule has 0 aliphatic carbocycles. The van der Waals surface area contributed by atoms with E-state index < -0.39 is 0 Å². The van der Waals surface area contributed by atoms with Crippen LogP contribution in [0.4, 0.5) is 0 Å². The number of phenols is 1. The summed E-state index contributed by atoms with van der Waals surface area (Å²) in [5.41, 5.74) is 3.17. The van der Waals surface area contributed by atoms with Crippen molar-refractivity contribution in [3.63, 3.8) is 0 Å². The molecule has 5 heteroatoms. The third-order valence-electron chi connectivity index (χ3n) is 3.25. The average Bonchev–Trinajstić information content (AvgIpc) is 2.97. The predicted octanol–water partition coefficient (Wildman–Crippen LogP) is 3.82. The number of ether oxygens (including phenoxy) is 1. The molecule has 0 saturated carbocycles. The molecule has 2 heterocycles. The van der Waals surface area contributed by atoms with Crippen molar-refractivity contribution in [3.05, 3.63) is 48.2 Å². The van der Waals surface area contributed by atoms with E-state index in [4.69, 9.17) is 9.26 Å². The highest BCUT2D eigenvalue weighted by molar-refractivity contribution is 5.68. The largest absolute Gasteiger partial charge is 0.508 e. The number of benzene rings is 1. The topological polar surface area (TPSA) is 68.4 Å². The van der Waals surface area contributed by atoms with Crippen molar-refractivity contribution in [3.8, 4) is 34.2 Å². The molecule has 0 radical (unpaired) electrons. The summed E-state index contributed by atoms with van der Waals surface area (Å²) in [5, 5.41) is 13.9. The Bertz CT molecular complexity index is 796. The zero-order chi connectivity index (χ0) is 15.5. The summed E-state index contributed by atoms with van der Waals surface area (Å²) in [6.07, 6.45) is 1.72. The second-order valence-corrected chi connectivity index (χ2v) is 4.89. The first-order chi connectivity index (χ1) is 10.7. The van der Waals surface area contributed by atoms with Crippen molar-refractivity contribution in [2.24, 2.45) is 0 Å². The molecule has 0 saturated heterocycles. The molecule has 0 unspecified atom stereocenters. The van der Waals surface area contributed by atoms with Gasteiger partial charge in [-0.15, -0.1) is 0 Å². The lowest BCUT2D eigenvalue weighted by molar-refractivity contribution is 0.337. The van der Waals surface area contributed by atoms with Crippen LogP contribution >= 0.6 is 0 Å². The van der Waals surface area contributed by atoms with Crippen LogP contribution in [0.15, 0.2) is 47.1 Å². The molecule has 3 aromatic rings. The Morgan fingerprint density at radius 3 is 2.86 bits per heavy atom. The normalized spacial score (nSPS) is 10.6. The van der Waals surface area contributed by atoms with Gasteiger partial charge in [-0.05, 0) is 37.6 Å². The maximum Gasteiger partial charge on any atom is 0.167 e. The van der Waals surface area contributed by atoms with E-state index in [1.165, 1.54) is 0 Å². The first-order valence-corrected chi connectivity index (χ1v) is 7.03. The fourth-order valence-electron chi connectivity index (χ4n) is 2.25. The molecule has 5 nitrogen and oxygen atoms in total. The molecule has 0 aliphatic rings. The van der Waals surface area contributed by atoms with Crippen LogP contribution in [-0.2, 0) is 0 Å². The van der Waals surface area contributed by atoms with Gasteiger partial charge in [0.15, 0.2) is 5.76 Å². The average molecular weight is 296 g/mol. The van der Waals surface area contributed by atoms with E-state index in [-0.39, 0.29) is 5.75 Å².